The minimum Gasteiger partial charge on any atom is -0.491 e. The number of hydrogen-bond acceptors (Lipinski definition) is 5. The van der Waals surface area contributed by atoms with Crippen LogP contribution in [0.5, 0.6) is 5.75 Å². The summed E-state index contributed by atoms with van der Waals surface area (Å²) >= 11 is 6.01. The van der Waals surface area contributed by atoms with Crippen molar-refractivity contribution in [2.45, 2.75) is 38.5 Å². The number of aliphatic hydroxyl groups excluding tert-OH is 1. The Kier molecular flexibility index (Phi) is 6.18. The normalized spacial score (nSPS) is 22.5. The smallest absolute Gasteiger partial charge is 0.228 e. The molecule has 0 saturated carbocycles. The first kappa shape index (κ1) is 21.0. The maximum atomic E-state index is 11.5. The van der Waals surface area contributed by atoms with E-state index in [4.69, 9.17) is 16.3 Å². The van der Waals surface area contributed by atoms with E-state index in [1.54, 1.807) is 0 Å². The fourth-order valence-corrected chi connectivity index (χ4v) is 4.49. The number of fused-ring (bicyclic) bond motifs is 1. The standard InChI is InChI=1S/C23H28ClN3O3/c1-15-11-26(19-5-3-18(24)4-6-19)12-16(2)27(15)13-20(28)14-30-21-7-8-22-17(9-21)10-23(29)25-22/h3-9,15-16,20,28H,10-14H2,1-2H3,(H,25,29)/t15-,16+,20-/m1/s1. The molecule has 1 fully saturated rings. The molecule has 2 heterocycles. The summed E-state index contributed by atoms with van der Waals surface area (Å²) in [6, 6.07) is 14.1. The average molecular weight is 430 g/mol. The topological polar surface area (TPSA) is 65.0 Å². The molecule has 2 aliphatic heterocycles. The van der Waals surface area contributed by atoms with Gasteiger partial charge in [-0.15, -0.1) is 0 Å². The number of piperazine rings is 1. The van der Waals surface area contributed by atoms with Crippen molar-refractivity contribution < 1.29 is 14.6 Å². The lowest BCUT2D eigenvalue weighted by Gasteiger charge is -2.46. The molecule has 0 aliphatic carbocycles. The Morgan fingerprint density at radius 3 is 2.57 bits per heavy atom. The highest BCUT2D eigenvalue weighted by Gasteiger charge is 2.31. The van der Waals surface area contributed by atoms with Gasteiger partial charge in [-0.25, -0.2) is 0 Å². The highest BCUT2D eigenvalue weighted by Crippen LogP contribution is 2.28. The number of carbonyl (C=O) groups excluding carboxylic acids is 1. The Bertz CT molecular complexity index is 893. The van der Waals surface area contributed by atoms with E-state index in [0.717, 1.165) is 29.4 Å². The summed E-state index contributed by atoms with van der Waals surface area (Å²) in [4.78, 5) is 16.2. The van der Waals surface area contributed by atoms with Crippen molar-refractivity contribution in [2.24, 2.45) is 0 Å². The lowest BCUT2D eigenvalue weighted by atomic mass is 10.1. The van der Waals surface area contributed by atoms with Crippen molar-refractivity contribution in [1.82, 2.24) is 4.90 Å². The lowest BCUT2D eigenvalue weighted by molar-refractivity contribution is -0.115. The van der Waals surface area contributed by atoms with Crippen LogP contribution in [0.1, 0.15) is 19.4 Å². The Morgan fingerprint density at radius 1 is 1.17 bits per heavy atom. The number of anilines is 2. The van der Waals surface area contributed by atoms with Crippen LogP contribution < -0.4 is 15.0 Å². The van der Waals surface area contributed by atoms with Crippen LogP contribution in [0.15, 0.2) is 42.5 Å². The molecule has 2 aliphatic rings. The Morgan fingerprint density at radius 2 is 1.87 bits per heavy atom. The Hall–Kier alpha value is -2.28. The number of hydrogen-bond donors (Lipinski definition) is 2. The maximum Gasteiger partial charge on any atom is 0.228 e. The molecule has 30 heavy (non-hydrogen) atoms. The average Bonchev–Trinajstić information content (AvgIpc) is 3.09. The molecule has 4 rings (SSSR count). The van der Waals surface area contributed by atoms with E-state index >= 15 is 0 Å². The number of rotatable bonds is 6. The molecule has 2 N–H and O–H groups in total. The van der Waals surface area contributed by atoms with E-state index in [-0.39, 0.29) is 12.5 Å². The van der Waals surface area contributed by atoms with E-state index in [9.17, 15) is 9.90 Å². The molecule has 0 bridgehead atoms. The van der Waals surface area contributed by atoms with Crippen molar-refractivity contribution in [3.8, 4) is 5.75 Å². The van der Waals surface area contributed by atoms with Gasteiger partial charge in [0.2, 0.25) is 5.91 Å². The summed E-state index contributed by atoms with van der Waals surface area (Å²) in [5.41, 5.74) is 2.95. The van der Waals surface area contributed by atoms with Gasteiger partial charge in [0.05, 0.1) is 6.42 Å². The van der Waals surface area contributed by atoms with Gasteiger partial charge in [0, 0.05) is 48.1 Å². The van der Waals surface area contributed by atoms with Crippen molar-refractivity contribution in [3.63, 3.8) is 0 Å². The quantitative estimate of drug-likeness (QED) is 0.738. The number of amides is 1. The zero-order chi connectivity index (χ0) is 21.3. The third-order valence-corrected chi connectivity index (χ3v) is 6.11. The van der Waals surface area contributed by atoms with Crippen LogP contribution in [0.25, 0.3) is 0 Å². The molecule has 3 atom stereocenters. The summed E-state index contributed by atoms with van der Waals surface area (Å²) in [6.07, 6.45) is -0.216. The lowest BCUT2D eigenvalue weighted by Crippen LogP contribution is -2.58. The van der Waals surface area contributed by atoms with Crippen LogP contribution in [-0.4, -0.2) is 60.3 Å². The summed E-state index contributed by atoms with van der Waals surface area (Å²) in [5.74, 6) is 0.681. The van der Waals surface area contributed by atoms with Gasteiger partial charge in [0.25, 0.3) is 0 Å². The molecule has 7 heteroatoms. The number of halogens is 1. The van der Waals surface area contributed by atoms with Gasteiger partial charge < -0.3 is 20.1 Å². The van der Waals surface area contributed by atoms with E-state index in [1.807, 2.05) is 30.3 Å². The summed E-state index contributed by atoms with van der Waals surface area (Å²) in [5, 5.41) is 14.1. The number of ether oxygens (including phenoxy) is 1. The number of β-amino-alcohol motifs (C(OH)–C–C–N with tert-alkyl or cyclic N) is 1. The molecular weight excluding hydrogens is 402 g/mol. The third kappa shape index (κ3) is 4.72. The second kappa shape index (κ2) is 8.84. The SMILES string of the molecule is C[C@@H]1CN(c2ccc(Cl)cc2)C[C@H](C)N1C[C@@H](O)COc1ccc2c(c1)CC(=O)N2. The van der Waals surface area contributed by atoms with Crippen molar-refractivity contribution in [2.75, 3.05) is 36.5 Å². The van der Waals surface area contributed by atoms with Crippen molar-refractivity contribution in [3.05, 3.63) is 53.1 Å². The van der Waals surface area contributed by atoms with Crippen molar-refractivity contribution in [1.29, 1.82) is 0 Å². The highest BCUT2D eigenvalue weighted by atomic mass is 35.5. The number of aliphatic hydroxyl groups is 1. The Balaban J connectivity index is 1.30. The predicted molar refractivity (Wildman–Crippen MR) is 120 cm³/mol. The first-order chi connectivity index (χ1) is 14.4. The molecule has 0 radical (unpaired) electrons. The first-order valence-electron chi connectivity index (χ1n) is 10.4. The fourth-order valence-electron chi connectivity index (χ4n) is 4.36. The number of carbonyl (C=O) groups is 1. The molecule has 0 spiro atoms. The Labute approximate surface area is 182 Å². The minimum atomic E-state index is -0.593. The first-order valence-corrected chi connectivity index (χ1v) is 10.8. The third-order valence-electron chi connectivity index (χ3n) is 5.86. The van der Waals surface area contributed by atoms with Gasteiger partial charge in [0.15, 0.2) is 0 Å². The number of nitrogens with zero attached hydrogens (tertiary/aromatic N) is 2. The van der Waals surface area contributed by atoms with Gasteiger partial charge in [0.1, 0.15) is 18.5 Å². The monoisotopic (exact) mass is 429 g/mol. The fraction of sp³-hybridized carbons (Fsp3) is 0.435. The van der Waals surface area contributed by atoms with E-state index < -0.39 is 6.10 Å². The minimum absolute atomic E-state index is 0.00269. The van der Waals surface area contributed by atoms with Crippen LogP contribution >= 0.6 is 11.6 Å². The largest absolute Gasteiger partial charge is 0.491 e. The molecule has 2 aromatic carbocycles. The maximum absolute atomic E-state index is 11.5. The van der Waals surface area contributed by atoms with Crippen LogP contribution in [0.4, 0.5) is 11.4 Å². The van der Waals surface area contributed by atoms with Crippen LogP contribution in [0.3, 0.4) is 0 Å². The van der Waals surface area contributed by atoms with E-state index in [0.29, 0.717) is 30.8 Å². The molecule has 2 aromatic rings. The molecule has 160 valence electrons. The van der Waals surface area contributed by atoms with Crippen LogP contribution in [0.2, 0.25) is 5.02 Å². The molecular formula is C23H28ClN3O3. The molecule has 0 unspecified atom stereocenters. The van der Waals surface area contributed by atoms with Crippen LogP contribution in [0, 0.1) is 0 Å². The zero-order valence-corrected chi connectivity index (χ0v) is 18.1. The summed E-state index contributed by atoms with van der Waals surface area (Å²) < 4.78 is 5.80. The van der Waals surface area contributed by atoms with E-state index in [2.05, 4.69) is 41.1 Å². The molecule has 1 saturated heterocycles. The van der Waals surface area contributed by atoms with Gasteiger partial charge in [-0.2, -0.15) is 0 Å². The summed E-state index contributed by atoms with van der Waals surface area (Å²) in [7, 11) is 0. The van der Waals surface area contributed by atoms with Gasteiger partial charge in [-0.1, -0.05) is 11.6 Å². The molecule has 0 aromatic heterocycles. The van der Waals surface area contributed by atoms with Crippen molar-refractivity contribution >= 4 is 28.9 Å². The van der Waals surface area contributed by atoms with Gasteiger partial charge >= 0.3 is 0 Å². The predicted octanol–water partition coefficient (Wildman–Crippen LogP) is 3.17. The zero-order valence-electron chi connectivity index (χ0n) is 17.3. The second-order valence-electron chi connectivity index (χ2n) is 8.28. The number of nitrogens with one attached hydrogen (secondary N) is 1. The van der Waals surface area contributed by atoms with Gasteiger partial charge in [-0.05, 0) is 61.9 Å². The second-order valence-corrected chi connectivity index (χ2v) is 8.72. The number of benzene rings is 2. The molecule has 1 amide bonds. The highest BCUT2D eigenvalue weighted by molar-refractivity contribution is 6.30. The van der Waals surface area contributed by atoms with E-state index in [1.165, 1.54) is 5.69 Å². The van der Waals surface area contributed by atoms with Crippen LogP contribution in [-0.2, 0) is 11.2 Å². The summed E-state index contributed by atoms with van der Waals surface area (Å²) in [6.45, 7) is 6.95. The van der Waals surface area contributed by atoms with Gasteiger partial charge in [-0.3, -0.25) is 9.69 Å². The molecule has 6 nitrogen and oxygen atoms in total.